The predicted octanol–water partition coefficient (Wildman–Crippen LogP) is 3.03. The van der Waals surface area contributed by atoms with Crippen molar-refractivity contribution >= 4 is 11.4 Å². The average Bonchev–Trinajstić information content (AvgIpc) is 2.81. The molecule has 0 N–H and O–H groups in total. The molecule has 2 nitrogen and oxygen atoms in total. The molecule has 1 heterocycles. The van der Waals surface area contributed by atoms with Crippen molar-refractivity contribution in [3.63, 3.8) is 0 Å². The summed E-state index contributed by atoms with van der Waals surface area (Å²) in [6.07, 6.45) is 8.70. The van der Waals surface area contributed by atoms with Crippen LogP contribution in [0.1, 0.15) is 5.56 Å². The zero-order chi connectivity index (χ0) is 10.7. The van der Waals surface area contributed by atoms with Gasteiger partial charge in [0.2, 0.25) is 0 Å². The lowest BCUT2D eigenvalue weighted by Gasteiger charge is -2.16. The first-order chi connectivity index (χ1) is 7.31. The monoisotopic (exact) mass is 197 g/mol. The van der Waals surface area contributed by atoms with Gasteiger partial charge in [0.05, 0.1) is 12.0 Å². The Morgan fingerprint density at radius 3 is 2.80 bits per heavy atom. The minimum Gasteiger partial charge on any atom is -0.470 e. The fourth-order valence-electron chi connectivity index (χ4n) is 1.40. The number of nitrogens with zero attached hydrogens (tertiary/aromatic N) is 1. The number of furan rings is 1. The van der Waals surface area contributed by atoms with Gasteiger partial charge in [0.15, 0.2) is 0 Å². The maximum atomic E-state index is 5.35. The minimum atomic E-state index is 0.878. The number of rotatable bonds is 2. The van der Waals surface area contributed by atoms with Crippen molar-refractivity contribution in [1.29, 1.82) is 0 Å². The van der Waals surface area contributed by atoms with E-state index in [0.29, 0.717) is 0 Å². The van der Waals surface area contributed by atoms with E-state index in [0.717, 1.165) is 16.9 Å². The highest BCUT2D eigenvalue weighted by molar-refractivity contribution is 5.63. The SMILES string of the molecule is C#Cc1cccc(N(C)c2ccoc2)c1. The van der Waals surface area contributed by atoms with E-state index in [1.54, 1.807) is 12.5 Å². The molecule has 0 saturated carbocycles. The van der Waals surface area contributed by atoms with Crippen molar-refractivity contribution in [2.45, 2.75) is 0 Å². The Morgan fingerprint density at radius 1 is 1.27 bits per heavy atom. The van der Waals surface area contributed by atoms with Crippen LogP contribution in [0.15, 0.2) is 47.3 Å². The molecular weight excluding hydrogens is 186 g/mol. The molecule has 2 rings (SSSR count). The van der Waals surface area contributed by atoms with Crippen LogP contribution < -0.4 is 4.90 Å². The highest BCUT2D eigenvalue weighted by Gasteiger charge is 2.04. The van der Waals surface area contributed by atoms with Crippen LogP contribution >= 0.6 is 0 Å². The van der Waals surface area contributed by atoms with Crippen LogP contribution in [-0.4, -0.2) is 7.05 Å². The zero-order valence-corrected chi connectivity index (χ0v) is 8.47. The molecule has 0 amide bonds. The summed E-state index contributed by atoms with van der Waals surface area (Å²) >= 11 is 0. The van der Waals surface area contributed by atoms with Crippen LogP contribution in [0.3, 0.4) is 0 Å². The first-order valence-corrected chi connectivity index (χ1v) is 4.64. The van der Waals surface area contributed by atoms with Crippen molar-refractivity contribution in [3.8, 4) is 12.3 Å². The van der Waals surface area contributed by atoms with Gasteiger partial charge >= 0.3 is 0 Å². The van der Waals surface area contributed by atoms with Gasteiger partial charge in [0.25, 0.3) is 0 Å². The molecule has 0 aliphatic carbocycles. The van der Waals surface area contributed by atoms with Gasteiger partial charge < -0.3 is 9.32 Å². The minimum absolute atomic E-state index is 0.878. The van der Waals surface area contributed by atoms with E-state index in [1.807, 2.05) is 42.3 Å². The number of hydrogen-bond donors (Lipinski definition) is 0. The summed E-state index contributed by atoms with van der Waals surface area (Å²) in [5.74, 6) is 2.62. The van der Waals surface area contributed by atoms with Crippen molar-refractivity contribution in [2.24, 2.45) is 0 Å². The van der Waals surface area contributed by atoms with E-state index in [4.69, 9.17) is 10.8 Å². The van der Waals surface area contributed by atoms with Gasteiger partial charge in [-0.1, -0.05) is 12.0 Å². The quantitative estimate of drug-likeness (QED) is 0.688. The Hall–Kier alpha value is -2.14. The van der Waals surface area contributed by atoms with Crippen LogP contribution in [0, 0.1) is 12.3 Å². The Kier molecular flexibility index (Phi) is 2.47. The maximum Gasteiger partial charge on any atom is 0.114 e. The molecule has 0 radical (unpaired) electrons. The fourth-order valence-corrected chi connectivity index (χ4v) is 1.40. The second-order valence-electron chi connectivity index (χ2n) is 3.24. The van der Waals surface area contributed by atoms with E-state index < -0.39 is 0 Å². The van der Waals surface area contributed by atoms with Gasteiger partial charge in [-0.05, 0) is 18.2 Å². The molecule has 74 valence electrons. The molecule has 2 heteroatoms. The summed E-state index contributed by atoms with van der Waals surface area (Å²) < 4.78 is 5.03. The molecular formula is C13H11NO. The Balaban J connectivity index is 2.34. The normalized spacial score (nSPS) is 9.60. The van der Waals surface area contributed by atoms with Crippen LogP contribution in [-0.2, 0) is 0 Å². The van der Waals surface area contributed by atoms with Gasteiger partial charge in [-0.3, -0.25) is 0 Å². The molecule has 0 unspecified atom stereocenters. The molecule has 1 aromatic carbocycles. The first kappa shape index (κ1) is 9.42. The molecule has 0 fully saturated rings. The van der Waals surface area contributed by atoms with Crippen LogP contribution in [0.25, 0.3) is 0 Å². The highest BCUT2D eigenvalue weighted by Crippen LogP contribution is 2.24. The van der Waals surface area contributed by atoms with Crippen molar-refractivity contribution < 1.29 is 4.42 Å². The van der Waals surface area contributed by atoms with Crippen molar-refractivity contribution in [1.82, 2.24) is 0 Å². The molecule has 2 aromatic rings. The number of anilines is 2. The lowest BCUT2D eigenvalue weighted by atomic mass is 10.2. The third kappa shape index (κ3) is 1.87. The van der Waals surface area contributed by atoms with Gasteiger partial charge in [0, 0.05) is 24.4 Å². The summed E-state index contributed by atoms with van der Waals surface area (Å²) in [6.45, 7) is 0. The van der Waals surface area contributed by atoms with Gasteiger partial charge in [0.1, 0.15) is 6.26 Å². The second kappa shape index (κ2) is 3.93. The maximum absolute atomic E-state index is 5.35. The summed E-state index contributed by atoms with van der Waals surface area (Å²) in [4.78, 5) is 2.02. The molecule has 0 aliphatic heterocycles. The van der Waals surface area contributed by atoms with Crippen molar-refractivity contribution in [3.05, 3.63) is 48.4 Å². The third-order valence-corrected chi connectivity index (χ3v) is 2.29. The largest absolute Gasteiger partial charge is 0.470 e. The summed E-state index contributed by atoms with van der Waals surface area (Å²) in [5, 5.41) is 0. The highest BCUT2D eigenvalue weighted by atomic mass is 16.3. The summed E-state index contributed by atoms with van der Waals surface area (Å²) in [6, 6.07) is 9.73. The summed E-state index contributed by atoms with van der Waals surface area (Å²) in [7, 11) is 1.97. The molecule has 0 saturated heterocycles. The fraction of sp³-hybridized carbons (Fsp3) is 0.0769. The average molecular weight is 197 g/mol. The van der Waals surface area contributed by atoms with Gasteiger partial charge in [-0.15, -0.1) is 6.42 Å². The Morgan fingerprint density at radius 2 is 2.13 bits per heavy atom. The standard InChI is InChI=1S/C13H11NO/c1-3-11-5-4-6-12(9-11)14(2)13-7-8-15-10-13/h1,4-10H,2H3. The number of benzene rings is 1. The molecule has 0 spiro atoms. The second-order valence-corrected chi connectivity index (χ2v) is 3.24. The molecule has 0 aliphatic rings. The van der Waals surface area contributed by atoms with E-state index >= 15 is 0 Å². The molecule has 0 bridgehead atoms. The molecule has 15 heavy (non-hydrogen) atoms. The number of hydrogen-bond acceptors (Lipinski definition) is 2. The topological polar surface area (TPSA) is 16.4 Å². The van der Waals surface area contributed by atoms with Gasteiger partial charge in [-0.25, -0.2) is 0 Å². The van der Waals surface area contributed by atoms with Crippen LogP contribution in [0.2, 0.25) is 0 Å². The number of terminal acetylenes is 1. The van der Waals surface area contributed by atoms with Crippen LogP contribution in [0.5, 0.6) is 0 Å². The lowest BCUT2D eigenvalue weighted by molar-refractivity contribution is 0.567. The van der Waals surface area contributed by atoms with Gasteiger partial charge in [-0.2, -0.15) is 0 Å². The third-order valence-electron chi connectivity index (χ3n) is 2.29. The zero-order valence-electron chi connectivity index (χ0n) is 8.47. The van der Waals surface area contributed by atoms with Crippen molar-refractivity contribution in [2.75, 3.05) is 11.9 Å². The first-order valence-electron chi connectivity index (χ1n) is 4.64. The lowest BCUT2D eigenvalue weighted by Crippen LogP contribution is -2.08. The Labute approximate surface area is 89.1 Å². The smallest absolute Gasteiger partial charge is 0.114 e. The van der Waals surface area contributed by atoms with E-state index in [9.17, 15) is 0 Å². The Bertz CT molecular complexity index is 479. The van der Waals surface area contributed by atoms with E-state index in [2.05, 4.69) is 5.92 Å². The van der Waals surface area contributed by atoms with E-state index in [1.165, 1.54) is 0 Å². The van der Waals surface area contributed by atoms with E-state index in [-0.39, 0.29) is 0 Å². The summed E-state index contributed by atoms with van der Waals surface area (Å²) in [5.41, 5.74) is 2.93. The van der Waals surface area contributed by atoms with Crippen LogP contribution in [0.4, 0.5) is 11.4 Å². The predicted molar refractivity (Wildman–Crippen MR) is 61.1 cm³/mol. The molecule has 0 atom stereocenters. The molecule has 1 aromatic heterocycles.